The van der Waals surface area contributed by atoms with E-state index >= 15 is 0 Å². The lowest BCUT2D eigenvalue weighted by Crippen LogP contribution is -2.32. The van der Waals surface area contributed by atoms with E-state index in [1.165, 1.54) is 23.1 Å². The molecule has 1 aromatic carbocycles. The highest BCUT2D eigenvalue weighted by atomic mass is 32.2. The predicted octanol–water partition coefficient (Wildman–Crippen LogP) is 3.18. The number of ketones is 1. The van der Waals surface area contributed by atoms with Gasteiger partial charge in [0, 0.05) is 23.7 Å². The van der Waals surface area contributed by atoms with Crippen LogP contribution in [0.4, 0.5) is 10.8 Å². The van der Waals surface area contributed by atoms with Gasteiger partial charge in [0.05, 0.1) is 11.5 Å². The molecule has 1 fully saturated rings. The number of Topliss-reactive ketones (excluding diaryl/α,β-unsaturated/α-hetero) is 1. The highest BCUT2D eigenvalue weighted by Crippen LogP contribution is 2.37. The van der Waals surface area contributed by atoms with Crippen molar-refractivity contribution in [3.63, 3.8) is 0 Å². The molecular formula is C18H22N4O4S3. The largest absolute Gasteiger partial charge is 0.293 e. The van der Waals surface area contributed by atoms with Gasteiger partial charge in [0.25, 0.3) is 0 Å². The van der Waals surface area contributed by atoms with E-state index in [0.717, 1.165) is 19.1 Å². The van der Waals surface area contributed by atoms with Crippen LogP contribution in [0.5, 0.6) is 0 Å². The first-order valence-electron chi connectivity index (χ1n) is 9.12. The highest BCUT2D eigenvalue weighted by molar-refractivity contribution is 8.02. The molecule has 1 aliphatic rings. The first-order chi connectivity index (χ1) is 13.7. The van der Waals surface area contributed by atoms with Crippen molar-refractivity contribution < 1.29 is 18.0 Å². The van der Waals surface area contributed by atoms with E-state index in [0.29, 0.717) is 27.1 Å². The molecule has 1 aromatic heterocycles. The van der Waals surface area contributed by atoms with Crippen molar-refractivity contribution in [2.45, 2.75) is 48.7 Å². The van der Waals surface area contributed by atoms with Crippen LogP contribution < -0.4 is 9.62 Å². The number of thioether (sulfide) groups is 1. The van der Waals surface area contributed by atoms with Crippen LogP contribution in [0.15, 0.2) is 28.6 Å². The molecule has 1 atom stereocenters. The van der Waals surface area contributed by atoms with Crippen LogP contribution in [0.1, 0.15) is 43.5 Å². The molecule has 0 spiro atoms. The zero-order valence-electron chi connectivity index (χ0n) is 16.3. The van der Waals surface area contributed by atoms with Crippen molar-refractivity contribution in [2.24, 2.45) is 0 Å². The lowest BCUT2D eigenvalue weighted by atomic mass is 10.1. The molecule has 1 saturated carbocycles. The topological polar surface area (TPSA) is 109 Å². The third kappa shape index (κ3) is 5.77. The minimum Gasteiger partial charge on any atom is -0.293 e. The number of anilines is 2. The van der Waals surface area contributed by atoms with Gasteiger partial charge in [0.2, 0.25) is 21.1 Å². The van der Waals surface area contributed by atoms with Gasteiger partial charge in [0.15, 0.2) is 10.1 Å². The SMILES string of the molecule is CCC(=O)N(c1nnc(S[C@@H](C)C(=O)c2ccc(NS(C)(=O)=O)cc2)s1)C1CC1. The van der Waals surface area contributed by atoms with Crippen LogP contribution >= 0.6 is 23.1 Å². The fourth-order valence-corrected chi connectivity index (χ4v) is 5.39. The van der Waals surface area contributed by atoms with E-state index < -0.39 is 15.3 Å². The van der Waals surface area contributed by atoms with Gasteiger partial charge >= 0.3 is 0 Å². The number of carbonyl (C=O) groups is 2. The van der Waals surface area contributed by atoms with Crippen LogP contribution in [0, 0.1) is 0 Å². The molecule has 3 rings (SSSR count). The van der Waals surface area contributed by atoms with Crippen LogP contribution in [0.25, 0.3) is 0 Å². The third-order valence-electron chi connectivity index (χ3n) is 4.20. The summed E-state index contributed by atoms with van der Waals surface area (Å²) < 4.78 is 25.5. The molecule has 8 nitrogen and oxygen atoms in total. The van der Waals surface area contributed by atoms with Crippen molar-refractivity contribution in [2.75, 3.05) is 15.9 Å². The van der Waals surface area contributed by atoms with Gasteiger partial charge in [-0.2, -0.15) is 0 Å². The summed E-state index contributed by atoms with van der Waals surface area (Å²) in [4.78, 5) is 26.6. The average Bonchev–Trinajstić information content (AvgIpc) is 3.39. The Hall–Kier alpha value is -1.98. The number of hydrogen-bond donors (Lipinski definition) is 1. The molecule has 0 saturated heterocycles. The number of sulfonamides is 1. The summed E-state index contributed by atoms with van der Waals surface area (Å²) in [5.74, 6) is -0.0616. The summed E-state index contributed by atoms with van der Waals surface area (Å²) in [5.41, 5.74) is 0.883. The summed E-state index contributed by atoms with van der Waals surface area (Å²) in [5, 5.41) is 8.48. The number of carbonyl (C=O) groups excluding carboxylic acids is 2. The summed E-state index contributed by atoms with van der Waals surface area (Å²) in [6.45, 7) is 3.61. The molecule has 1 N–H and O–H groups in total. The number of hydrogen-bond acceptors (Lipinski definition) is 8. The minimum absolute atomic E-state index is 0.0344. The molecule has 1 heterocycles. The fourth-order valence-electron chi connectivity index (χ4n) is 2.67. The van der Waals surface area contributed by atoms with Crippen LogP contribution in [0.2, 0.25) is 0 Å². The Bertz CT molecular complexity index is 1000. The van der Waals surface area contributed by atoms with Crippen LogP contribution in [-0.2, 0) is 14.8 Å². The molecule has 1 aliphatic carbocycles. The normalized spacial score (nSPS) is 15.0. The maximum atomic E-state index is 12.7. The Labute approximate surface area is 178 Å². The molecule has 1 amide bonds. The quantitative estimate of drug-likeness (QED) is 0.352. The molecule has 0 radical (unpaired) electrons. The number of amides is 1. The van der Waals surface area contributed by atoms with Gasteiger partial charge in [0.1, 0.15) is 0 Å². The van der Waals surface area contributed by atoms with Gasteiger partial charge in [-0.25, -0.2) is 8.42 Å². The highest BCUT2D eigenvalue weighted by Gasteiger charge is 2.35. The molecule has 2 aromatic rings. The second-order valence-corrected chi connectivity index (χ2v) is 11.1. The number of aromatic nitrogens is 2. The molecule has 156 valence electrons. The molecule has 0 bridgehead atoms. The fraction of sp³-hybridized carbons (Fsp3) is 0.444. The van der Waals surface area contributed by atoms with E-state index in [-0.39, 0.29) is 17.7 Å². The van der Waals surface area contributed by atoms with E-state index in [2.05, 4.69) is 14.9 Å². The van der Waals surface area contributed by atoms with Crippen molar-refractivity contribution in [3.8, 4) is 0 Å². The number of rotatable bonds is 9. The molecule has 0 unspecified atom stereocenters. The Kier molecular flexibility index (Phi) is 6.59. The Morgan fingerprint density at radius 3 is 2.48 bits per heavy atom. The summed E-state index contributed by atoms with van der Waals surface area (Å²) >= 11 is 2.62. The maximum absolute atomic E-state index is 12.7. The molecule has 11 heteroatoms. The van der Waals surface area contributed by atoms with Gasteiger partial charge in [-0.1, -0.05) is 30.0 Å². The van der Waals surface area contributed by atoms with E-state index in [1.54, 1.807) is 36.1 Å². The third-order valence-corrected chi connectivity index (χ3v) is 6.92. The second-order valence-electron chi connectivity index (χ2n) is 6.77. The zero-order chi connectivity index (χ0) is 21.2. The number of nitrogens with one attached hydrogen (secondary N) is 1. The summed E-state index contributed by atoms with van der Waals surface area (Å²) in [7, 11) is -3.36. The monoisotopic (exact) mass is 454 g/mol. The molecular weight excluding hydrogens is 432 g/mol. The maximum Gasteiger partial charge on any atom is 0.229 e. The zero-order valence-corrected chi connectivity index (χ0v) is 18.7. The van der Waals surface area contributed by atoms with Crippen molar-refractivity contribution in [1.82, 2.24) is 10.2 Å². The predicted molar refractivity (Wildman–Crippen MR) is 115 cm³/mol. The second kappa shape index (κ2) is 8.80. The van der Waals surface area contributed by atoms with E-state index in [4.69, 9.17) is 0 Å². The first-order valence-corrected chi connectivity index (χ1v) is 12.7. The first kappa shape index (κ1) is 21.7. The molecule has 0 aliphatic heterocycles. The van der Waals surface area contributed by atoms with Gasteiger partial charge in [-0.15, -0.1) is 10.2 Å². The van der Waals surface area contributed by atoms with Crippen molar-refractivity contribution >= 4 is 55.6 Å². The van der Waals surface area contributed by atoms with Crippen LogP contribution in [0.3, 0.4) is 0 Å². The summed E-state index contributed by atoms with van der Waals surface area (Å²) in [6, 6.07) is 6.50. The number of benzene rings is 1. The number of nitrogens with zero attached hydrogens (tertiary/aromatic N) is 3. The van der Waals surface area contributed by atoms with Crippen molar-refractivity contribution in [3.05, 3.63) is 29.8 Å². The van der Waals surface area contributed by atoms with Crippen molar-refractivity contribution in [1.29, 1.82) is 0 Å². The minimum atomic E-state index is -3.36. The van der Waals surface area contributed by atoms with E-state index in [1.807, 2.05) is 6.92 Å². The molecule has 29 heavy (non-hydrogen) atoms. The standard InChI is InChI=1S/C18H22N4O4S3/c1-4-15(23)22(14-9-10-14)17-19-20-18(28-17)27-11(2)16(24)12-5-7-13(8-6-12)21-29(3,25)26/h5-8,11,14,21H,4,9-10H2,1-3H3/t11-/m0/s1. The lowest BCUT2D eigenvalue weighted by molar-refractivity contribution is -0.118. The lowest BCUT2D eigenvalue weighted by Gasteiger charge is -2.17. The Balaban J connectivity index is 1.65. The summed E-state index contributed by atoms with van der Waals surface area (Å²) in [6.07, 6.45) is 3.44. The van der Waals surface area contributed by atoms with E-state index in [9.17, 15) is 18.0 Å². The van der Waals surface area contributed by atoms with Gasteiger partial charge < -0.3 is 0 Å². The Morgan fingerprint density at radius 1 is 1.28 bits per heavy atom. The van der Waals surface area contributed by atoms with Crippen LogP contribution in [-0.4, -0.2) is 47.9 Å². The average molecular weight is 455 g/mol. The Morgan fingerprint density at radius 2 is 1.93 bits per heavy atom. The van der Waals surface area contributed by atoms with Gasteiger partial charge in [-0.3, -0.25) is 19.2 Å². The van der Waals surface area contributed by atoms with Gasteiger partial charge in [-0.05, 0) is 44.0 Å². The smallest absolute Gasteiger partial charge is 0.229 e.